The van der Waals surface area contributed by atoms with Gasteiger partial charge in [-0.1, -0.05) is 35.9 Å². The zero-order chi connectivity index (χ0) is 21.4. The SMILES string of the molecule is Cc1ccccc1CN1C(=O)S/C(=C\c2cc(C)n(-c3ccc(Cl)cc3)c2C)C1=O. The van der Waals surface area contributed by atoms with E-state index in [1.54, 1.807) is 0 Å². The first-order valence-corrected chi connectivity index (χ1v) is 10.8. The Morgan fingerprint density at radius 3 is 2.40 bits per heavy atom. The second kappa shape index (κ2) is 8.17. The van der Waals surface area contributed by atoms with Gasteiger partial charge in [0, 0.05) is 22.1 Å². The number of hydrogen-bond acceptors (Lipinski definition) is 3. The van der Waals surface area contributed by atoms with E-state index in [4.69, 9.17) is 11.6 Å². The summed E-state index contributed by atoms with van der Waals surface area (Å²) in [5, 5.41) is 0.449. The van der Waals surface area contributed by atoms with Gasteiger partial charge in [-0.25, -0.2) is 0 Å². The van der Waals surface area contributed by atoms with Crippen molar-refractivity contribution in [3.8, 4) is 5.69 Å². The van der Waals surface area contributed by atoms with Crippen molar-refractivity contribution < 1.29 is 9.59 Å². The molecule has 152 valence electrons. The zero-order valence-corrected chi connectivity index (χ0v) is 18.6. The highest BCUT2D eigenvalue weighted by atomic mass is 35.5. The Morgan fingerprint density at radius 1 is 1.00 bits per heavy atom. The van der Waals surface area contributed by atoms with Crippen molar-refractivity contribution >= 4 is 40.6 Å². The second-order valence-corrected chi connectivity index (χ2v) is 8.76. The molecule has 1 aromatic heterocycles. The summed E-state index contributed by atoms with van der Waals surface area (Å²) < 4.78 is 2.11. The molecule has 30 heavy (non-hydrogen) atoms. The fourth-order valence-corrected chi connectivity index (χ4v) is 4.61. The number of carbonyl (C=O) groups excluding carboxylic acids is 2. The van der Waals surface area contributed by atoms with E-state index >= 15 is 0 Å². The molecule has 4 rings (SSSR count). The first-order chi connectivity index (χ1) is 14.3. The summed E-state index contributed by atoms with van der Waals surface area (Å²) in [7, 11) is 0. The molecule has 0 bridgehead atoms. The largest absolute Gasteiger partial charge is 0.318 e. The number of rotatable bonds is 4. The predicted octanol–water partition coefficient (Wildman–Crippen LogP) is 6.29. The molecule has 2 aromatic carbocycles. The summed E-state index contributed by atoms with van der Waals surface area (Å²) >= 11 is 7.01. The third-order valence-electron chi connectivity index (χ3n) is 5.31. The molecule has 3 aromatic rings. The van der Waals surface area contributed by atoms with Crippen LogP contribution in [0.4, 0.5) is 4.79 Å². The minimum absolute atomic E-state index is 0.235. The Morgan fingerprint density at radius 2 is 1.70 bits per heavy atom. The van der Waals surface area contributed by atoms with E-state index in [-0.39, 0.29) is 11.1 Å². The summed E-state index contributed by atoms with van der Waals surface area (Å²) in [4.78, 5) is 27.2. The third-order valence-corrected chi connectivity index (χ3v) is 6.46. The fraction of sp³-hybridized carbons (Fsp3) is 0.167. The molecule has 0 N–H and O–H groups in total. The molecule has 1 saturated heterocycles. The van der Waals surface area contributed by atoms with E-state index in [1.807, 2.05) is 81.4 Å². The summed E-state index contributed by atoms with van der Waals surface area (Å²) in [5.41, 5.74) is 6.00. The van der Waals surface area contributed by atoms with E-state index in [0.717, 1.165) is 45.5 Å². The van der Waals surface area contributed by atoms with Gasteiger partial charge in [0.25, 0.3) is 11.1 Å². The molecule has 1 aliphatic rings. The average Bonchev–Trinajstić information content (AvgIpc) is 3.14. The molecule has 0 unspecified atom stereocenters. The van der Waals surface area contributed by atoms with E-state index in [9.17, 15) is 9.59 Å². The van der Waals surface area contributed by atoms with Crippen LogP contribution >= 0.6 is 23.4 Å². The van der Waals surface area contributed by atoms with Crippen molar-refractivity contribution in [2.45, 2.75) is 27.3 Å². The lowest BCUT2D eigenvalue weighted by Gasteiger charge is -2.14. The van der Waals surface area contributed by atoms with Gasteiger partial charge in [-0.15, -0.1) is 0 Å². The third kappa shape index (κ3) is 3.83. The van der Waals surface area contributed by atoms with Crippen LogP contribution in [0.2, 0.25) is 5.02 Å². The van der Waals surface area contributed by atoms with Crippen LogP contribution in [0.3, 0.4) is 0 Å². The standard InChI is InChI=1S/C24H21ClN2O2S/c1-15-6-4-5-7-18(15)14-26-23(28)22(30-24(26)29)13-19-12-16(2)27(17(19)3)21-10-8-20(25)9-11-21/h4-13H,14H2,1-3H3/b22-13-. The van der Waals surface area contributed by atoms with Gasteiger partial charge in [0.05, 0.1) is 11.4 Å². The minimum Gasteiger partial charge on any atom is -0.318 e. The monoisotopic (exact) mass is 436 g/mol. The molecular weight excluding hydrogens is 416 g/mol. The first-order valence-electron chi connectivity index (χ1n) is 9.60. The maximum atomic E-state index is 12.9. The maximum absolute atomic E-state index is 12.9. The van der Waals surface area contributed by atoms with Gasteiger partial charge in [-0.2, -0.15) is 0 Å². The molecule has 6 heteroatoms. The Bertz CT molecular complexity index is 1180. The molecule has 1 fully saturated rings. The molecule has 0 spiro atoms. The summed E-state index contributed by atoms with van der Waals surface area (Å²) in [6, 6.07) is 17.5. The van der Waals surface area contributed by atoms with Crippen LogP contribution in [-0.4, -0.2) is 20.6 Å². The Balaban J connectivity index is 1.63. The van der Waals surface area contributed by atoms with Crippen LogP contribution in [0.15, 0.2) is 59.5 Å². The predicted molar refractivity (Wildman–Crippen MR) is 123 cm³/mol. The molecule has 0 saturated carbocycles. The number of carbonyl (C=O) groups is 2. The number of aryl methyl sites for hydroxylation is 2. The van der Waals surface area contributed by atoms with Gasteiger partial charge in [0.2, 0.25) is 0 Å². The highest BCUT2D eigenvalue weighted by Gasteiger charge is 2.35. The average molecular weight is 437 g/mol. The topological polar surface area (TPSA) is 42.3 Å². The van der Waals surface area contributed by atoms with Gasteiger partial charge >= 0.3 is 0 Å². The highest BCUT2D eigenvalue weighted by Crippen LogP contribution is 2.35. The number of imide groups is 1. The Labute approximate surface area is 185 Å². The number of thioether (sulfide) groups is 1. The number of benzene rings is 2. The molecule has 0 aliphatic carbocycles. The van der Waals surface area contributed by atoms with Crippen molar-refractivity contribution in [1.29, 1.82) is 0 Å². The molecule has 0 radical (unpaired) electrons. The molecule has 4 nitrogen and oxygen atoms in total. The highest BCUT2D eigenvalue weighted by molar-refractivity contribution is 8.18. The molecule has 0 atom stereocenters. The molecular formula is C24H21ClN2O2S. The van der Waals surface area contributed by atoms with Crippen LogP contribution in [0.5, 0.6) is 0 Å². The lowest BCUT2D eigenvalue weighted by Crippen LogP contribution is -2.27. The number of hydrogen-bond donors (Lipinski definition) is 0. The van der Waals surface area contributed by atoms with Crippen LogP contribution in [0, 0.1) is 20.8 Å². The Hall–Kier alpha value is -2.76. The van der Waals surface area contributed by atoms with Crippen molar-refractivity contribution in [2.75, 3.05) is 0 Å². The number of nitrogens with zero attached hydrogens (tertiary/aromatic N) is 2. The smallest absolute Gasteiger partial charge is 0.293 e. The first kappa shape index (κ1) is 20.5. The normalized spacial score (nSPS) is 15.5. The summed E-state index contributed by atoms with van der Waals surface area (Å²) in [5.74, 6) is -0.246. The van der Waals surface area contributed by atoms with Crippen LogP contribution in [0.25, 0.3) is 11.8 Å². The maximum Gasteiger partial charge on any atom is 0.293 e. The van der Waals surface area contributed by atoms with Gasteiger partial charge in [0.15, 0.2) is 0 Å². The van der Waals surface area contributed by atoms with Crippen molar-refractivity contribution in [2.24, 2.45) is 0 Å². The van der Waals surface area contributed by atoms with Crippen LogP contribution < -0.4 is 0 Å². The van der Waals surface area contributed by atoms with Gasteiger partial charge in [-0.05, 0) is 85.6 Å². The number of halogens is 1. The molecule has 1 aliphatic heterocycles. The number of aromatic nitrogens is 1. The van der Waals surface area contributed by atoms with Crippen LogP contribution in [-0.2, 0) is 11.3 Å². The fourth-order valence-electron chi connectivity index (χ4n) is 3.66. The minimum atomic E-state index is -0.246. The Kier molecular flexibility index (Phi) is 5.58. The summed E-state index contributed by atoms with van der Waals surface area (Å²) in [6.07, 6.45) is 1.82. The van der Waals surface area contributed by atoms with E-state index in [2.05, 4.69) is 4.57 Å². The zero-order valence-electron chi connectivity index (χ0n) is 17.0. The van der Waals surface area contributed by atoms with Crippen molar-refractivity contribution in [3.05, 3.63) is 92.6 Å². The van der Waals surface area contributed by atoms with Gasteiger partial charge in [0.1, 0.15) is 0 Å². The summed E-state index contributed by atoms with van der Waals surface area (Å²) in [6.45, 7) is 6.29. The van der Waals surface area contributed by atoms with E-state index in [0.29, 0.717) is 16.5 Å². The van der Waals surface area contributed by atoms with Crippen molar-refractivity contribution in [3.63, 3.8) is 0 Å². The van der Waals surface area contributed by atoms with Gasteiger partial charge in [-0.3, -0.25) is 14.5 Å². The lowest BCUT2D eigenvalue weighted by atomic mass is 10.1. The van der Waals surface area contributed by atoms with E-state index in [1.165, 1.54) is 4.90 Å². The second-order valence-electron chi connectivity index (χ2n) is 7.33. The number of amides is 2. The lowest BCUT2D eigenvalue weighted by molar-refractivity contribution is -0.123. The van der Waals surface area contributed by atoms with Gasteiger partial charge < -0.3 is 4.57 Å². The quantitative estimate of drug-likeness (QED) is 0.451. The van der Waals surface area contributed by atoms with Crippen LogP contribution in [0.1, 0.15) is 28.1 Å². The molecule has 2 heterocycles. The molecule has 2 amide bonds. The van der Waals surface area contributed by atoms with Crippen molar-refractivity contribution in [1.82, 2.24) is 9.47 Å². The van der Waals surface area contributed by atoms with E-state index < -0.39 is 0 Å².